The first kappa shape index (κ1) is 13.2. The number of piperidine rings is 1. The van der Waals surface area contributed by atoms with Crippen molar-refractivity contribution >= 4 is 5.97 Å². The van der Waals surface area contributed by atoms with Crippen molar-refractivity contribution in [3.05, 3.63) is 12.2 Å². The van der Waals surface area contributed by atoms with Crippen LogP contribution in [0.4, 0.5) is 0 Å². The number of carbonyl (C=O) groups excluding carboxylic acids is 1. The molecule has 0 bridgehead atoms. The van der Waals surface area contributed by atoms with Gasteiger partial charge in [0, 0.05) is 11.6 Å². The summed E-state index contributed by atoms with van der Waals surface area (Å²) >= 11 is 0. The van der Waals surface area contributed by atoms with Crippen molar-refractivity contribution in [3.63, 3.8) is 0 Å². The van der Waals surface area contributed by atoms with Gasteiger partial charge in [0.05, 0.1) is 7.11 Å². The van der Waals surface area contributed by atoms with Crippen molar-refractivity contribution < 1.29 is 9.53 Å². The molecule has 92 valence electrons. The van der Waals surface area contributed by atoms with E-state index in [1.165, 1.54) is 7.11 Å². The molecule has 0 radical (unpaired) electrons. The number of esters is 1. The van der Waals surface area contributed by atoms with E-state index in [1.807, 2.05) is 0 Å². The number of carbonyl (C=O) groups is 1. The molecule has 0 aromatic heterocycles. The van der Waals surface area contributed by atoms with Crippen molar-refractivity contribution in [1.29, 1.82) is 0 Å². The summed E-state index contributed by atoms with van der Waals surface area (Å²) in [5.41, 5.74) is 0.616. The molecular weight excluding hydrogens is 202 g/mol. The topological polar surface area (TPSA) is 29.5 Å². The van der Waals surface area contributed by atoms with Gasteiger partial charge in [0.1, 0.15) is 0 Å². The van der Waals surface area contributed by atoms with Crippen LogP contribution in [-0.2, 0) is 9.53 Å². The smallest absolute Gasteiger partial charge is 0.333 e. The first-order valence-electron chi connectivity index (χ1n) is 6.04. The highest BCUT2D eigenvalue weighted by molar-refractivity contribution is 5.87. The van der Waals surface area contributed by atoms with Gasteiger partial charge in [-0.1, -0.05) is 6.58 Å². The predicted molar refractivity (Wildman–Crippen MR) is 65.2 cm³/mol. The van der Waals surface area contributed by atoms with Crippen LogP contribution in [0.1, 0.15) is 33.1 Å². The summed E-state index contributed by atoms with van der Waals surface area (Å²) < 4.78 is 4.66. The zero-order valence-electron chi connectivity index (χ0n) is 10.7. The zero-order chi connectivity index (χ0) is 12.1. The second kappa shape index (κ2) is 6.04. The van der Waals surface area contributed by atoms with Gasteiger partial charge in [-0.15, -0.1) is 0 Å². The number of nitrogens with zero attached hydrogens (tertiary/aromatic N) is 1. The Morgan fingerprint density at radius 1 is 1.44 bits per heavy atom. The Morgan fingerprint density at radius 3 is 2.44 bits per heavy atom. The molecule has 0 unspecified atom stereocenters. The second-order valence-corrected chi connectivity index (χ2v) is 4.87. The summed E-state index contributed by atoms with van der Waals surface area (Å²) in [5.74, 6) is 0.341. The Balaban J connectivity index is 2.32. The highest BCUT2D eigenvalue weighted by atomic mass is 16.5. The van der Waals surface area contributed by atoms with Gasteiger partial charge in [-0.25, -0.2) is 4.79 Å². The van der Waals surface area contributed by atoms with Crippen LogP contribution in [0.5, 0.6) is 0 Å². The molecule has 0 aliphatic carbocycles. The molecule has 0 aromatic carbocycles. The fraction of sp³-hybridized carbons (Fsp3) is 0.769. The van der Waals surface area contributed by atoms with E-state index in [2.05, 4.69) is 30.1 Å². The number of hydrogen-bond donors (Lipinski definition) is 0. The first-order valence-corrected chi connectivity index (χ1v) is 6.04. The summed E-state index contributed by atoms with van der Waals surface area (Å²) in [7, 11) is 1.41. The van der Waals surface area contributed by atoms with Crippen LogP contribution in [0.2, 0.25) is 0 Å². The van der Waals surface area contributed by atoms with Crippen LogP contribution in [0.3, 0.4) is 0 Å². The number of hydrogen-bond acceptors (Lipinski definition) is 3. The van der Waals surface area contributed by atoms with E-state index in [9.17, 15) is 4.79 Å². The Kier molecular flexibility index (Phi) is 5.00. The average molecular weight is 225 g/mol. The van der Waals surface area contributed by atoms with Crippen LogP contribution in [-0.4, -0.2) is 37.1 Å². The van der Waals surface area contributed by atoms with Crippen molar-refractivity contribution in [3.8, 4) is 0 Å². The molecule has 1 rings (SSSR count). The number of ether oxygens (including phenoxy) is 1. The standard InChI is InChI=1S/C13H23NO2/c1-10(2)14-7-5-12(6-8-14)9-11(3)13(15)16-4/h10,12H,3,5-9H2,1-2,4H3. The molecule has 3 heteroatoms. The summed E-state index contributed by atoms with van der Waals surface area (Å²) in [6.07, 6.45) is 3.11. The molecule has 1 heterocycles. The maximum absolute atomic E-state index is 11.2. The molecule has 1 aliphatic rings. The molecule has 0 N–H and O–H groups in total. The van der Waals surface area contributed by atoms with Gasteiger partial charge in [0.25, 0.3) is 0 Å². The summed E-state index contributed by atoms with van der Waals surface area (Å²) in [4.78, 5) is 13.7. The maximum atomic E-state index is 11.2. The first-order chi connectivity index (χ1) is 7.54. The zero-order valence-corrected chi connectivity index (χ0v) is 10.7. The third kappa shape index (κ3) is 3.63. The average Bonchev–Trinajstić information content (AvgIpc) is 2.28. The molecule has 1 saturated heterocycles. The van der Waals surface area contributed by atoms with Gasteiger partial charge in [0.15, 0.2) is 0 Å². The van der Waals surface area contributed by atoms with Crippen LogP contribution in [0, 0.1) is 5.92 Å². The third-order valence-electron chi connectivity index (χ3n) is 3.39. The molecule has 3 nitrogen and oxygen atoms in total. The normalized spacial score (nSPS) is 18.8. The molecule has 0 spiro atoms. The minimum Gasteiger partial charge on any atom is -0.466 e. The SMILES string of the molecule is C=C(CC1CCN(C(C)C)CC1)C(=O)OC. The highest BCUT2D eigenvalue weighted by Gasteiger charge is 2.22. The fourth-order valence-electron chi connectivity index (χ4n) is 2.25. The fourth-order valence-corrected chi connectivity index (χ4v) is 2.25. The van der Waals surface area contributed by atoms with E-state index >= 15 is 0 Å². The van der Waals surface area contributed by atoms with E-state index in [-0.39, 0.29) is 5.97 Å². The number of rotatable bonds is 4. The van der Waals surface area contributed by atoms with E-state index in [0.717, 1.165) is 32.4 Å². The van der Waals surface area contributed by atoms with E-state index in [0.29, 0.717) is 17.5 Å². The molecule has 1 fully saturated rings. The number of likely N-dealkylation sites (tertiary alicyclic amines) is 1. The van der Waals surface area contributed by atoms with Gasteiger partial charge < -0.3 is 9.64 Å². The lowest BCUT2D eigenvalue weighted by molar-refractivity contribution is -0.136. The lowest BCUT2D eigenvalue weighted by Crippen LogP contribution is -2.38. The monoisotopic (exact) mass is 225 g/mol. The maximum Gasteiger partial charge on any atom is 0.333 e. The van der Waals surface area contributed by atoms with E-state index < -0.39 is 0 Å². The largest absolute Gasteiger partial charge is 0.466 e. The minimum absolute atomic E-state index is 0.258. The van der Waals surface area contributed by atoms with Gasteiger partial charge in [0.2, 0.25) is 0 Å². The van der Waals surface area contributed by atoms with E-state index in [4.69, 9.17) is 0 Å². The third-order valence-corrected chi connectivity index (χ3v) is 3.39. The summed E-state index contributed by atoms with van der Waals surface area (Å²) in [5, 5.41) is 0. The summed E-state index contributed by atoms with van der Waals surface area (Å²) in [6, 6.07) is 0.629. The molecular formula is C13H23NO2. The molecule has 0 saturated carbocycles. The van der Waals surface area contributed by atoms with Crippen molar-refractivity contribution in [2.24, 2.45) is 5.92 Å². The van der Waals surface area contributed by atoms with Crippen LogP contribution in [0.25, 0.3) is 0 Å². The van der Waals surface area contributed by atoms with E-state index in [1.54, 1.807) is 0 Å². The van der Waals surface area contributed by atoms with Crippen molar-refractivity contribution in [2.75, 3.05) is 20.2 Å². The van der Waals surface area contributed by atoms with Gasteiger partial charge in [-0.3, -0.25) is 0 Å². The predicted octanol–water partition coefficient (Wildman–Crippen LogP) is 2.23. The molecule has 0 atom stereocenters. The Labute approximate surface area is 98.5 Å². The number of methoxy groups -OCH3 is 1. The quantitative estimate of drug-likeness (QED) is 0.543. The van der Waals surface area contributed by atoms with Crippen LogP contribution < -0.4 is 0 Å². The second-order valence-electron chi connectivity index (χ2n) is 4.87. The van der Waals surface area contributed by atoms with Gasteiger partial charge in [-0.2, -0.15) is 0 Å². The molecule has 0 amide bonds. The molecule has 0 aromatic rings. The Bertz CT molecular complexity index is 253. The summed E-state index contributed by atoms with van der Waals surface area (Å²) in [6.45, 7) is 10.5. The highest BCUT2D eigenvalue weighted by Crippen LogP contribution is 2.24. The molecule has 1 aliphatic heterocycles. The lowest BCUT2D eigenvalue weighted by Gasteiger charge is -2.34. The van der Waals surface area contributed by atoms with Crippen molar-refractivity contribution in [1.82, 2.24) is 4.90 Å². The van der Waals surface area contributed by atoms with Crippen molar-refractivity contribution in [2.45, 2.75) is 39.2 Å². The van der Waals surface area contributed by atoms with Gasteiger partial charge in [-0.05, 0) is 52.1 Å². The Morgan fingerprint density at radius 2 is 2.00 bits per heavy atom. The lowest BCUT2D eigenvalue weighted by atomic mass is 9.90. The Hall–Kier alpha value is -0.830. The molecule has 16 heavy (non-hydrogen) atoms. The van der Waals surface area contributed by atoms with Gasteiger partial charge >= 0.3 is 5.97 Å². The van der Waals surface area contributed by atoms with Crippen LogP contribution >= 0.6 is 0 Å². The van der Waals surface area contributed by atoms with Crippen LogP contribution in [0.15, 0.2) is 12.2 Å². The minimum atomic E-state index is -0.258.